The summed E-state index contributed by atoms with van der Waals surface area (Å²) in [5, 5.41) is 0.404. The van der Waals surface area contributed by atoms with Gasteiger partial charge < -0.3 is 9.47 Å². The molecule has 2 heterocycles. The van der Waals surface area contributed by atoms with E-state index in [-0.39, 0.29) is 18.8 Å². The van der Waals surface area contributed by atoms with E-state index in [1.54, 1.807) is 18.4 Å². The molecule has 2 aromatic carbocycles. The molecule has 0 fully saturated rings. The number of ether oxygens (including phenoxy) is 2. The summed E-state index contributed by atoms with van der Waals surface area (Å²) in [5.74, 6) is 0.866. The zero-order valence-electron chi connectivity index (χ0n) is 16.6. The lowest BCUT2D eigenvalue weighted by molar-refractivity contribution is -0.747. The lowest BCUT2D eigenvalue weighted by atomic mass is 10.1. The van der Waals surface area contributed by atoms with Crippen LogP contribution in [0, 0.1) is 0 Å². The second-order valence-corrected chi connectivity index (χ2v) is 7.75. The summed E-state index contributed by atoms with van der Waals surface area (Å²) in [7, 11) is 0. The standard InChI is InChI=1S/C21H19F2N3O4S/c1-31-20-24-19(27)25(12-14-4-7-17-15(10-14)8-9-29-17)21(28)26(20)11-13-2-5-16(6-3-13)30-18(22)23/h2-7,10,18H,8-9,11-12H2,1H3/p+1. The van der Waals surface area contributed by atoms with Gasteiger partial charge in [0.25, 0.3) is 5.16 Å². The van der Waals surface area contributed by atoms with Gasteiger partial charge in [0.1, 0.15) is 24.6 Å². The molecule has 3 aromatic rings. The fourth-order valence-corrected chi connectivity index (χ4v) is 4.02. The number of rotatable bonds is 7. The molecule has 10 heteroatoms. The van der Waals surface area contributed by atoms with E-state index in [1.807, 2.05) is 18.2 Å². The van der Waals surface area contributed by atoms with E-state index in [9.17, 15) is 18.4 Å². The number of aromatic amines is 1. The number of aromatic nitrogens is 3. The average molecular weight is 448 g/mol. The molecule has 0 bridgehead atoms. The predicted octanol–water partition coefficient (Wildman–Crippen LogP) is 2.18. The summed E-state index contributed by atoms with van der Waals surface area (Å²) in [6, 6.07) is 11.7. The number of halogens is 2. The van der Waals surface area contributed by atoms with Crippen LogP contribution in [0.4, 0.5) is 8.78 Å². The van der Waals surface area contributed by atoms with Gasteiger partial charge in [0.2, 0.25) is 0 Å². The van der Waals surface area contributed by atoms with E-state index in [4.69, 9.17) is 4.74 Å². The van der Waals surface area contributed by atoms with Crippen molar-refractivity contribution in [1.29, 1.82) is 0 Å². The summed E-state index contributed by atoms with van der Waals surface area (Å²) in [4.78, 5) is 28.5. The SMILES string of the molecule is CSc1[nH]c(=O)n(Cc2ccc3c(c2)CCO3)c(=O)[n+]1Cc1ccc(OC(F)F)cc1. The molecule has 0 spiro atoms. The van der Waals surface area contributed by atoms with Crippen molar-refractivity contribution in [3.63, 3.8) is 0 Å². The number of H-pyrrole nitrogens is 1. The van der Waals surface area contributed by atoms with Crippen LogP contribution in [0.3, 0.4) is 0 Å². The van der Waals surface area contributed by atoms with Crippen molar-refractivity contribution in [2.75, 3.05) is 12.9 Å². The van der Waals surface area contributed by atoms with Crippen LogP contribution in [0.1, 0.15) is 16.7 Å². The Kier molecular flexibility index (Phi) is 6.08. The molecule has 1 aliphatic heterocycles. The number of thioether (sulfide) groups is 1. The van der Waals surface area contributed by atoms with Gasteiger partial charge >= 0.3 is 18.0 Å². The molecule has 0 aliphatic carbocycles. The zero-order chi connectivity index (χ0) is 22.0. The van der Waals surface area contributed by atoms with Gasteiger partial charge in [-0.05, 0) is 47.2 Å². The van der Waals surface area contributed by atoms with Gasteiger partial charge in [-0.15, -0.1) is 0 Å². The van der Waals surface area contributed by atoms with Crippen LogP contribution in [0.25, 0.3) is 0 Å². The minimum Gasteiger partial charge on any atom is -0.493 e. The van der Waals surface area contributed by atoms with Gasteiger partial charge in [0, 0.05) is 6.42 Å². The quantitative estimate of drug-likeness (QED) is 0.443. The zero-order valence-corrected chi connectivity index (χ0v) is 17.5. The summed E-state index contributed by atoms with van der Waals surface area (Å²) in [6.07, 6.45) is 2.55. The molecule has 1 aliphatic rings. The number of nitrogens with one attached hydrogen (secondary N) is 1. The van der Waals surface area contributed by atoms with E-state index >= 15 is 0 Å². The van der Waals surface area contributed by atoms with Crippen molar-refractivity contribution in [3.8, 4) is 11.5 Å². The molecular weight excluding hydrogens is 428 g/mol. The second-order valence-electron chi connectivity index (χ2n) is 6.96. The van der Waals surface area contributed by atoms with Gasteiger partial charge in [-0.3, -0.25) is 0 Å². The fraction of sp³-hybridized carbons (Fsp3) is 0.286. The molecule has 162 valence electrons. The summed E-state index contributed by atoms with van der Waals surface area (Å²) in [5.41, 5.74) is 1.63. The summed E-state index contributed by atoms with van der Waals surface area (Å²) < 4.78 is 37.1. The van der Waals surface area contributed by atoms with E-state index in [0.29, 0.717) is 17.3 Å². The van der Waals surface area contributed by atoms with Crippen molar-refractivity contribution in [1.82, 2.24) is 9.55 Å². The Labute approximate surface area is 180 Å². The van der Waals surface area contributed by atoms with Crippen LogP contribution >= 0.6 is 11.8 Å². The largest absolute Gasteiger partial charge is 0.493 e. The fourth-order valence-electron chi connectivity index (χ4n) is 3.47. The summed E-state index contributed by atoms with van der Waals surface area (Å²) in [6.45, 7) is -1.99. The van der Waals surface area contributed by atoms with Gasteiger partial charge in [-0.25, -0.2) is 14.6 Å². The molecule has 4 rings (SSSR count). The van der Waals surface area contributed by atoms with E-state index in [2.05, 4.69) is 9.72 Å². The summed E-state index contributed by atoms with van der Waals surface area (Å²) >= 11 is 1.24. The van der Waals surface area contributed by atoms with Gasteiger partial charge in [0.05, 0.1) is 6.61 Å². The highest BCUT2D eigenvalue weighted by Crippen LogP contribution is 2.25. The smallest absolute Gasteiger partial charge is 0.449 e. The van der Waals surface area contributed by atoms with E-state index < -0.39 is 18.0 Å². The van der Waals surface area contributed by atoms with E-state index in [0.717, 1.165) is 27.9 Å². The molecule has 0 radical (unpaired) electrons. The van der Waals surface area contributed by atoms with Gasteiger partial charge in [-0.2, -0.15) is 17.9 Å². The molecule has 0 amide bonds. The minimum absolute atomic E-state index is 0.0355. The first kappa shape index (κ1) is 21.1. The monoisotopic (exact) mass is 448 g/mol. The Balaban J connectivity index is 1.65. The Bertz CT molecular complexity index is 1210. The number of hydrogen-bond acceptors (Lipinski definition) is 5. The number of alkyl halides is 2. The van der Waals surface area contributed by atoms with Crippen molar-refractivity contribution in [2.45, 2.75) is 31.3 Å². The number of nitrogens with zero attached hydrogens (tertiary/aromatic N) is 2. The van der Waals surface area contributed by atoms with Crippen LogP contribution < -0.4 is 25.4 Å². The van der Waals surface area contributed by atoms with Gasteiger partial charge in [0.15, 0.2) is 0 Å². The lowest BCUT2D eigenvalue weighted by Crippen LogP contribution is -2.60. The maximum absolute atomic E-state index is 13.2. The third-order valence-corrected chi connectivity index (χ3v) is 5.65. The predicted molar refractivity (Wildman–Crippen MR) is 110 cm³/mol. The van der Waals surface area contributed by atoms with Crippen LogP contribution in [0.15, 0.2) is 57.2 Å². The molecule has 0 atom stereocenters. The Morgan fingerprint density at radius 1 is 1.19 bits per heavy atom. The van der Waals surface area contributed by atoms with Crippen molar-refractivity contribution < 1.29 is 22.8 Å². The van der Waals surface area contributed by atoms with Crippen molar-refractivity contribution in [2.24, 2.45) is 0 Å². The molecule has 31 heavy (non-hydrogen) atoms. The molecule has 0 saturated carbocycles. The number of hydrogen-bond donors (Lipinski definition) is 1. The number of benzene rings is 2. The molecule has 1 aromatic heterocycles. The van der Waals surface area contributed by atoms with Gasteiger partial charge in [-0.1, -0.05) is 30.0 Å². The molecule has 0 saturated heterocycles. The Morgan fingerprint density at radius 2 is 1.94 bits per heavy atom. The average Bonchev–Trinajstić information content (AvgIpc) is 3.21. The van der Waals surface area contributed by atoms with Crippen LogP contribution in [0.5, 0.6) is 11.5 Å². The highest BCUT2D eigenvalue weighted by Gasteiger charge is 2.21. The highest BCUT2D eigenvalue weighted by atomic mass is 32.2. The first-order valence-electron chi connectivity index (χ1n) is 9.54. The van der Waals surface area contributed by atoms with Crippen LogP contribution in [-0.4, -0.2) is 29.0 Å². The minimum atomic E-state index is -2.90. The van der Waals surface area contributed by atoms with Crippen LogP contribution in [0.2, 0.25) is 0 Å². The maximum Gasteiger partial charge on any atom is 0.449 e. The van der Waals surface area contributed by atoms with Crippen LogP contribution in [-0.2, 0) is 19.5 Å². The second kappa shape index (κ2) is 8.93. The lowest BCUT2D eigenvalue weighted by Gasteiger charge is -2.09. The Hall–Kier alpha value is -3.14. The molecule has 1 N–H and O–H groups in total. The molecular formula is C21H20F2N3O4S+. The third kappa shape index (κ3) is 4.63. The molecule has 0 unspecified atom stereocenters. The first-order chi connectivity index (χ1) is 14.9. The molecule has 7 nitrogen and oxygen atoms in total. The Morgan fingerprint density at radius 3 is 2.65 bits per heavy atom. The van der Waals surface area contributed by atoms with E-state index in [1.165, 1.54) is 28.5 Å². The normalized spacial score (nSPS) is 12.6. The highest BCUT2D eigenvalue weighted by molar-refractivity contribution is 7.98. The first-order valence-corrected chi connectivity index (χ1v) is 10.8. The number of fused-ring (bicyclic) bond motifs is 1. The maximum atomic E-state index is 13.2. The third-order valence-electron chi connectivity index (χ3n) is 4.94. The topological polar surface area (TPSA) is 77.2 Å². The van der Waals surface area contributed by atoms with Crippen molar-refractivity contribution in [3.05, 3.63) is 80.1 Å². The van der Waals surface area contributed by atoms with Crippen molar-refractivity contribution >= 4 is 11.8 Å².